The average Bonchev–Trinajstić information content (AvgIpc) is 3.03. The molecule has 140 valence electrons. The van der Waals surface area contributed by atoms with Crippen LogP contribution in [0.4, 0.5) is 0 Å². The maximum atomic E-state index is 12.6. The number of ether oxygens (including phenoxy) is 2. The van der Waals surface area contributed by atoms with Crippen molar-refractivity contribution in [2.24, 2.45) is 0 Å². The van der Waals surface area contributed by atoms with Crippen molar-refractivity contribution in [1.82, 2.24) is 4.98 Å². The van der Waals surface area contributed by atoms with Gasteiger partial charge in [0.1, 0.15) is 6.61 Å². The Morgan fingerprint density at radius 2 is 1.96 bits per heavy atom. The first-order valence-corrected chi connectivity index (χ1v) is 10.2. The minimum Gasteiger partial charge on any atom is -0.493 e. The summed E-state index contributed by atoms with van der Waals surface area (Å²) in [5.41, 5.74) is 2.44. The lowest BCUT2D eigenvalue weighted by Gasteiger charge is -2.13. The number of hydrogen-bond acceptors (Lipinski definition) is 5. The van der Waals surface area contributed by atoms with E-state index in [9.17, 15) is 4.79 Å². The fourth-order valence-corrected chi connectivity index (χ4v) is 4.51. The second-order valence-electron chi connectivity index (χ2n) is 6.08. The van der Waals surface area contributed by atoms with E-state index >= 15 is 0 Å². The van der Waals surface area contributed by atoms with Gasteiger partial charge in [0.15, 0.2) is 11.5 Å². The van der Waals surface area contributed by atoms with E-state index in [0.29, 0.717) is 23.0 Å². The molecule has 0 radical (unpaired) electrons. The van der Waals surface area contributed by atoms with E-state index in [-0.39, 0.29) is 5.78 Å². The van der Waals surface area contributed by atoms with Crippen LogP contribution in [0, 0.1) is 0 Å². The van der Waals surface area contributed by atoms with Gasteiger partial charge in [0.05, 0.1) is 22.2 Å². The zero-order valence-corrected chi connectivity index (χ0v) is 17.4. The molecule has 0 saturated heterocycles. The van der Waals surface area contributed by atoms with Crippen molar-refractivity contribution in [3.05, 3.63) is 87.0 Å². The largest absolute Gasteiger partial charge is 0.493 e. The predicted molar refractivity (Wildman–Crippen MR) is 114 cm³/mol. The minimum absolute atomic E-state index is 0.0474. The molecule has 2 heterocycles. The summed E-state index contributed by atoms with van der Waals surface area (Å²) in [5.74, 6) is 1.24. The summed E-state index contributed by atoms with van der Waals surface area (Å²) in [7, 11) is 1.59. The molecule has 0 amide bonds. The predicted octanol–water partition coefficient (Wildman–Crippen LogP) is 5.76. The van der Waals surface area contributed by atoms with Crippen molar-refractivity contribution in [3.8, 4) is 11.5 Å². The van der Waals surface area contributed by atoms with Gasteiger partial charge in [-0.05, 0) is 64.0 Å². The fraction of sp³-hybridized carbons (Fsp3) is 0.0909. The third kappa shape index (κ3) is 3.84. The van der Waals surface area contributed by atoms with Crippen molar-refractivity contribution in [2.45, 2.75) is 11.5 Å². The van der Waals surface area contributed by atoms with Gasteiger partial charge in [-0.2, -0.15) is 0 Å². The molecule has 4 rings (SSSR count). The van der Waals surface area contributed by atoms with Gasteiger partial charge in [-0.25, -0.2) is 0 Å². The van der Waals surface area contributed by atoms with Crippen LogP contribution in [0.25, 0.3) is 6.08 Å². The van der Waals surface area contributed by atoms with E-state index in [2.05, 4.69) is 20.9 Å². The number of fused-ring (bicyclic) bond motifs is 1. The first-order chi connectivity index (χ1) is 13.7. The molecule has 2 aromatic carbocycles. The van der Waals surface area contributed by atoms with Crippen molar-refractivity contribution in [2.75, 3.05) is 7.11 Å². The van der Waals surface area contributed by atoms with Crippen LogP contribution >= 0.6 is 27.7 Å². The standard InChI is InChI=1S/C22H16BrNO3S/c1-26-18-11-14(12-20-21(25)16-7-2-3-8-19(16)28-20)10-17(23)22(18)27-13-15-6-4-5-9-24-15/h2-12H,13H2,1H3/b20-12-. The van der Waals surface area contributed by atoms with Gasteiger partial charge in [0.2, 0.25) is 5.78 Å². The van der Waals surface area contributed by atoms with Crippen LogP contribution in [0.3, 0.4) is 0 Å². The Hall–Kier alpha value is -2.57. The Morgan fingerprint density at radius 1 is 1.14 bits per heavy atom. The maximum Gasteiger partial charge on any atom is 0.200 e. The minimum atomic E-state index is 0.0474. The Bertz CT molecular complexity index is 1070. The van der Waals surface area contributed by atoms with Gasteiger partial charge in [-0.3, -0.25) is 9.78 Å². The van der Waals surface area contributed by atoms with E-state index in [1.807, 2.05) is 60.7 Å². The van der Waals surface area contributed by atoms with Crippen LogP contribution in [0.1, 0.15) is 21.6 Å². The molecule has 0 fully saturated rings. The van der Waals surface area contributed by atoms with E-state index in [1.165, 1.54) is 11.8 Å². The number of carbonyl (C=O) groups excluding carboxylic acids is 1. The molecule has 0 saturated carbocycles. The highest BCUT2D eigenvalue weighted by atomic mass is 79.9. The first-order valence-electron chi connectivity index (χ1n) is 8.59. The van der Waals surface area contributed by atoms with Crippen LogP contribution in [0.5, 0.6) is 11.5 Å². The molecule has 0 spiro atoms. The number of carbonyl (C=O) groups is 1. The molecule has 0 bridgehead atoms. The van der Waals surface area contributed by atoms with E-state index in [1.54, 1.807) is 13.3 Å². The third-order valence-corrected chi connectivity index (χ3v) is 5.90. The Labute approximate surface area is 175 Å². The summed E-state index contributed by atoms with van der Waals surface area (Å²) in [6, 6.07) is 17.1. The number of thioether (sulfide) groups is 1. The van der Waals surface area contributed by atoms with Crippen LogP contribution in [-0.2, 0) is 6.61 Å². The van der Waals surface area contributed by atoms with Crippen molar-refractivity contribution < 1.29 is 14.3 Å². The smallest absolute Gasteiger partial charge is 0.200 e. The van der Waals surface area contributed by atoms with Gasteiger partial charge in [-0.1, -0.05) is 30.0 Å². The monoisotopic (exact) mass is 453 g/mol. The lowest BCUT2D eigenvalue weighted by molar-refractivity contribution is 0.104. The van der Waals surface area contributed by atoms with Crippen molar-refractivity contribution >= 4 is 39.6 Å². The lowest BCUT2D eigenvalue weighted by atomic mass is 10.1. The Morgan fingerprint density at radius 3 is 2.71 bits per heavy atom. The van der Waals surface area contributed by atoms with Gasteiger partial charge >= 0.3 is 0 Å². The topological polar surface area (TPSA) is 48.4 Å². The maximum absolute atomic E-state index is 12.6. The molecule has 0 N–H and O–H groups in total. The number of benzene rings is 2. The average molecular weight is 454 g/mol. The summed E-state index contributed by atoms with van der Waals surface area (Å²) in [6.45, 7) is 0.333. The van der Waals surface area contributed by atoms with Crippen LogP contribution in [0.2, 0.25) is 0 Å². The Kier molecular flexibility index (Phi) is 5.50. The lowest BCUT2D eigenvalue weighted by Crippen LogP contribution is -2.00. The number of rotatable bonds is 5. The molecule has 0 unspecified atom stereocenters. The molecule has 3 aromatic rings. The second-order valence-corrected chi connectivity index (χ2v) is 8.02. The van der Waals surface area contributed by atoms with E-state index < -0.39 is 0 Å². The van der Waals surface area contributed by atoms with Crippen molar-refractivity contribution in [3.63, 3.8) is 0 Å². The number of ketones is 1. The van der Waals surface area contributed by atoms with Gasteiger partial charge in [0.25, 0.3) is 0 Å². The van der Waals surface area contributed by atoms with E-state index in [4.69, 9.17) is 9.47 Å². The molecule has 6 heteroatoms. The van der Waals surface area contributed by atoms with Crippen molar-refractivity contribution in [1.29, 1.82) is 0 Å². The number of Topliss-reactive ketones (excluding diaryl/α,β-unsaturated/α-hetero) is 1. The van der Waals surface area contributed by atoms with Gasteiger partial charge in [-0.15, -0.1) is 0 Å². The first kappa shape index (κ1) is 18.8. The molecule has 4 nitrogen and oxygen atoms in total. The molecule has 0 aliphatic carbocycles. The van der Waals surface area contributed by atoms with Gasteiger partial charge < -0.3 is 9.47 Å². The number of methoxy groups -OCH3 is 1. The number of halogens is 1. The zero-order chi connectivity index (χ0) is 19.5. The summed E-state index contributed by atoms with van der Waals surface area (Å²) in [4.78, 5) is 18.5. The Balaban J connectivity index is 1.60. The highest BCUT2D eigenvalue weighted by Gasteiger charge is 2.25. The van der Waals surface area contributed by atoms with Crippen LogP contribution in [-0.4, -0.2) is 17.9 Å². The number of allylic oxidation sites excluding steroid dienone is 1. The summed E-state index contributed by atoms with van der Waals surface area (Å²) < 4.78 is 12.2. The number of aromatic nitrogens is 1. The van der Waals surface area contributed by atoms with Gasteiger partial charge in [0, 0.05) is 16.7 Å². The molecule has 1 aliphatic heterocycles. The third-order valence-electron chi connectivity index (χ3n) is 4.22. The molecule has 0 atom stereocenters. The second kappa shape index (κ2) is 8.20. The highest BCUT2D eigenvalue weighted by molar-refractivity contribution is 9.10. The number of nitrogens with zero attached hydrogens (tertiary/aromatic N) is 1. The number of hydrogen-bond donors (Lipinski definition) is 0. The summed E-state index contributed by atoms with van der Waals surface area (Å²) in [5, 5.41) is 0. The van der Waals surface area contributed by atoms with E-state index in [0.717, 1.165) is 26.2 Å². The fourth-order valence-electron chi connectivity index (χ4n) is 2.88. The number of pyridine rings is 1. The quantitative estimate of drug-likeness (QED) is 0.459. The normalized spacial score (nSPS) is 14.2. The SMILES string of the molecule is COc1cc(/C=C2\Sc3ccccc3C2=O)cc(Br)c1OCc1ccccn1. The summed E-state index contributed by atoms with van der Waals surface area (Å²) in [6.07, 6.45) is 3.61. The molecule has 28 heavy (non-hydrogen) atoms. The van der Waals surface area contributed by atoms with Crippen LogP contribution in [0.15, 0.2) is 75.1 Å². The van der Waals surface area contributed by atoms with Crippen LogP contribution < -0.4 is 9.47 Å². The summed E-state index contributed by atoms with van der Waals surface area (Å²) >= 11 is 5.04. The highest BCUT2D eigenvalue weighted by Crippen LogP contribution is 2.42. The molecule has 1 aromatic heterocycles. The molecule has 1 aliphatic rings. The molecular weight excluding hydrogens is 438 g/mol. The zero-order valence-electron chi connectivity index (χ0n) is 15.0. The molecular formula is C22H16BrNO3S.